The number of hydrogen-bond acceptors (Lipinski definition) is 4. The number of nitro benzene ring substituents is 1. The van der Waals surface area contributed by atoms with Gasteiger partial charge in [-0.15, -0.1) is 0 Å². The molecule has 1 aromatic carbocycles. The first-order chi connectivity index (χ1) is 7.47. The van der Waals surface area contributed by atoms with Crippen LogP contribution in [0.2, 0.25) is 0 Å². The summed E-state index contributed by atoms with van der Waals surface area (Å²) in [5, 5.41) is 10.7. The minimum absolute atomic E-state index is 0.113. The molecule has 86 valence electrons. The number of nitro groups is 1. The Kier molecular flexibility index (Phi) is 4.66. The van der Waals surface area contributed by atoms with E-state index in [9.17, 15) is 14.9 Å². The number of nitrogens with zero attached hydrogens (tertiary/aromatic N) is 1. The molecule has 0 N–H and O–H groups in total. The maximum atomic E-state index is 11.4. The summed E-state index contributed by atoms with van der Waals surface area (Å²) in [7, 11) is 0. The smallest absolute Gasteiger partial charge is 0.338 e. The Balaban J connectivity index is 3.24. The maximum Gasteiger partial charge on any atom is 0.338 e. The van der Waals surface area contributed by atoms with Crippen LogP contribution in [0.25, 0.3) is 0 Å². The second-order valence-corrected chi connectivity index (χ2v) is 4.70. The number of rotatable bonds is 3. The second-order valence-electron chi connectivity index (χ2n) is 2.77. The van der Waals surface area contributed by atoms with E-state index in [0.29, 0.717) is 8.04 Å². The van der Waals surface area contributed by atoms with Gasteiger partial charge in [0.05, 0.1) is 17.1 Å². The van der Waals surface area contributed by atoms with E-state index in [1.807, 2.05) is 22.6 Å². The van der Waals surface area contributed by atoms with Crippen LogP contribution in [0, 0.1) is 13.7 Å². The van der Waals surface area contributed by atoms with E-state index < -0.39 is 10.9 Å². The molecule has 0 saturated carbocycles. The Morgan fingerprint density at radius 2 is 2.25 bits per heavy atom. The number of ether oxygens (including phenoxy) is 1. The molecule has 1 aromatic rings. The molecule has 5 nitrogen and oxygen atoms in total. The average Bonchev–Trinajstić information content (AvgIpc) is 2.21. The lowest BCUT2D eigenvalue weighted by Gasteiger charge is -2.04. The minimum Gasteiger partial charge on any atom is -0.462 e. The van der Waals surface area contributed by atoms with Gasteiger partial charge in [0.25, 0.3) is 5.69 Å². The SMILES string of the molecule is CCOC(=O)c1cc(Br)c(I)c([N+](=O)[O-])c1. The summed E-state index contributed by atoms with van der Waals surface area (Å²) in [6.45, 7) is 1.91. The highest BCUT2D eigenvalue weighted by molar-refractivity contribution is 14.1. The zero-order valence-electron chi connectivity index (χ0n) is 8.20. The van der Waals surface area contributed by atoms with Crippen LogP contribution in [-0.4, -0.2) is 17.5 Å². The molecule has 0 fully saturated rings. The van der Waals surface area contributed by atoms with Crippen LogP contribution in [0.5, 0.6) is 0 Å². The molecule has 0 radical (unpaired) electrons. The Morgan fingerprint density at radius 1 is 1.62 bits per heavy atom. The van der Waals surface area contributed by atoms with Gasteiger partial charge in [0.15, 0.2) is 0 Å². The van der Waals surface area contributed by atoms with Crippen molar-refractivity contribution in [2.75, 3.05) is 6.61 Å². The second kappa shape index (κ2) is 5.58. The predicted octanol–water partition coefficient (Wildman–Crippen LogP) is 3.14. The predicted molar refractivity (Wildman–Crippen MR) is 69.5 cm³/mol. The first-order valence-electron chi connectivity index (χ1n) is 4.28. The average molecular weight is 400 g/mol. The van der Waals surface area contributed by atoms with E-state index in [1.54, 1.807) is 6.92 Å². The number of carbonyl (C=O) groups is 1. The Bertz CT molecular complexity index is 449. The van der Waals surface area contributed by atoms with Crippen LogP contribution in [0.15, 0.2) is 16.6 Å². The van der Waals surface area contributed by atoms with Gasteiger partial charge in [0.1, 0.15) is 3.57 Å². The molecular weight excluding hydrogens is 393 g/mol. The molecule has 1 rings (SSSR count). The van der Waals surface area contributed by atoms with Gasteiger partial charge in [-0.2, -0.15) is 0 Å². The molecule has 0 saturated heterocycles. The van der Waals surface area contributed by atoms with Gasteiger partial charge in [-0.1, -0.05) is 0 Å². The van der Waals surface area contributed by atoms with Crippen molar-refractivity contribution >= 4 is 50.2 Å². The normalized spacial score (nSPS) is 9.94. The fourth-order valence-electron chi connectivity index (χ4n) is 1.04. The maximum absolute atomic E-state index is 11.4. The van der Waals surface area contributed by atoms with E-state index in [1.165, 1.54) is 12.1 Å². The first kappa shape index (κ1) is 13.4. The summed E-state index contributed by atoms with van der Waals surface area (Å²) in [6, 6.07) is 2.72. The van der Waals surface area contributed by atoms with E-state index in [0.717, 1.165) is 0 Å². The lowest BCUT2D eigenvalue weighted by atomic mass is 10.2. The number of carbonyl (C=O) groups excluding carboxylic acids is 1. The van der Waals surface area contributed by atoms with Crippen molar-refractivity contribution in [2.45, 2.75) is 6.92 Å². The topological polar surface area (TPSA) is 69.4 Å². The third-order valence-corrected chi connectivity index (χ3v) is 4.22. The van der Waals surface area contributed by atoms with Crippen LogP contribution < -0.4 is 0 Å². The summed E-state index contributed by atoms with van der Waals surface area (Å²) >= 11 is 5.01. The Labute approximate surface area is 114 Å². The Morgan fingerprint density at radius 3 is 2.75 bits per heavy atom. The van der Waals surface area contributed by atoms with Crippen molar-refractivity contribution in [2.24, 2.45) is 0 Å². The van der Waals surface area contributed by atoms with Crippen LogP contribution >= 0.6 is 38.5 Å². The minimum atomic E-state index is -0.567. The van der Waals surface area contributed by atoms with Crippen molar-refractivity contribution in [1.29, 1.82) is 0 Å². The molecule has 0 aliphatic carbocycles. The van der Waals surface area contributed by atoms with Gasteiger partial charge in [-0.05, 0) is 51.5 Å². The van der Waals surface area contributed by atoms with E-state index in [2.05, 4.69) is 15.9 Å². The van der Waals surface area contributed by atoms with Crippen molar-refractivity contribution in [1.82, 2.24) is 0 Å². The van der Waals surface area contributed by atoms with E-state index >= 15 is 0 Å². The zero-order chi connectivity index (χ0) is 12.3. The quantitative estimate of drug-likeness (QED) is 0.339. The van der Waals surface area contributed by atoms with Gasteiger partial charge in [-0.3, -0.25) is 10.1 Å². The molecular formula is C9H7BrINO4. The van der Waals surface area contributed by atoms with Crippen LogP contribution in [-0.2, 0) is 4.74 Å². The summed E-state index contributed by atoms with van der Waals surface area (Å²) < 4.78 is 5.73. The van der Waals surface area contributed by atoms with Crippen molar-refractivity contribution in [3.63, 3.8) is 0 Å². The van der Waals surface area contributed by atoms with Crippen molar-refractivity contribution < 1.29 is 14.5 Å². The highest BCUT2D eigenvalue weighted by Gasteiger charge is 2.19. The number of benzene rings is 1. The highest BCUT2D eigenvalue weighted by Crippen LogP contribution is 2.30. The molecule has 0 amide bonds. The van der Waals surface area contributed by atoms with Gasteiger partial charge in [0.2, 0.25) is 0 Å². The molecule has 0 atom stereocenters. The lowest BCUT2D eigenvalue weighted by molar-refractivity contribution is -0.385. The standard InChI is InChI=1S/C9H7BrINO4/c1-2-16-9(13)5-3-6(10)8(11)7(4-5)12(14)15/h3-4H,2H2,1H3. The van der Waals surface area contributed by atoms with Gasteiger partial charge >= 0.3 is 5.97 Å². The van der Waals surface area contributed by atoms with E-state index in [4.69, 9.17) is 4.74 Å². The lowest BCUT2D eigenvalue weighted by Crippen LogP contribution is -2.06. The number of halogens is 2. The molecule has 0 aromatic heterocycles. The monoisotopic (exact) mass is 399 g/mol. The van der Waals surface area contributed by atoms with Crippen LogP contribution in [0.1, 0.15) is 17.3 Å². The van der Waals surface area contributed by atoms with Crippen LogP contribution in [0.4, 0.5) is 5.69 Å². The third kappa shape index (κ3) is 2.91. The summed E-state index contributed by atoms with van der Waals surface area (Å²) in [5.41, 5.74) is 0.0545. The largest absolute Gasteiger partial charge is 0.462 e. The van der Waals surface area contributed by atoms with Crippen LogP contribution in [0.3, 0.4) is 0 Å². The summed E-state index contributed by atoms with van der Waals surface area (Å²) in [5.74, 6) is -0.567. The Hall–Kier alpha value is -0.700. The van der Waals surface area contributed by atoms with Crippen molar-refractivity contribution in [3.8, 4) is 0 Å². The molecule has 16 heavy (non-hydrogen) atoms. The fraction of sp³-hybridized carbons (Fsp3) is 0.222. The van der Waals surface area contributed by atoms with Crippen molar-refractivity contribution in [3.05, 3.63) is 35.9 Å². The fourth-order valence-corrected chi connectivity index (χ4v) is 2.00. The van der Waals surface area contributed by atoms with Gasteiger partial charge in [0, 0.05) is 10.5 Å². The van der Waals surface area contributed by atoms with Gasteiger partial charge < -0.3 is 4.74 Å². The molecule has 7 heteroatoms. The highest BCUT2D eigenvalue weighted by atomic mass is 127. The summed E-state index contributed by atoms with van der Waals surface area (Å²) in [4.78, 5) is 21.6. The van der Waals surface area contributed by atoms with E-state index in [-0.39, 0.29) is 17.9 Å². The number of hydrogen-bond donors (Lipinski definition) is 0. The zero-order valence-corrected chi connectivity index (χ0v) is 11.9. The first-order valence-corrected chi connectivity index (χ1v) is 6.15. The molecule has 0 spiro atoms. The molecule has 0 aliphatic heterocycles. The molecule has 0 heterocycles. The summed E-state index contributed by atoms with van der Waals surface area (Å²) in [6.07, 6.45) is 0. The molecule has 0 bridgehead atoms. The molecule has 0 aliphatic rings. The molecule has 0 unspecified atom stereocenters. The number of esters is 1. The van der Waals surface area contributed by atoms with Gasteiger partial charge in [-0.25, -0.2) is 4.79 Å². The third-order valence-electron chi connectivity index (χ3n) is 1.72.